The zero-order chi connectivity index (χ0) is 17.3. The average Bonchev–Trinajstić information content (AvgIpc) is 2.67. The van der Waals surface area contributed by atoms with Crippen molar-refractivity contribution in [3.63, 3.8) is 0 Å². The average molecular weight is 335 g/mol. The van der Waals surface area contributed by atoms with Gasteiger partial charge in [0.05, 0.1) is 0 Å². The van der Waals surface area contributed by atoms with Gasteiger partial charge in [0.15, 0.2) is 0 Å². The van der Waals surface area contributed by atoms with Gasteiger partial charge in [0.1, 0.15) is 18.2 Å². The first kappa shape index (κ1) is 17.2. The monoisotopic (exact) mass is 335 g/mol. The van der Waals surface area contributed by atoms with Crippen molar-refractivity contribution in [2.45, 2.75) is 19.6 Å². The van der Waals surface area contributed by atoms with Crippen LogP contribution >= 0.6 is 0 Å². The number of benzene rings is 3. The van der Waals surface area contributed by atoms with Gasteiger partial charge in [-0.3, -0.25) is 0 Å². The predicted molar refractivity (Wildman–Crippen MR) is 99.0 cm³/mol. The van der Waals surface area contributed by atoms with Gasteiger partial charge in [0, 0.05) is 6.54 Å². The topological polar surface area (TPSA) is 21.3 Å². The highest BCUT2D eigenvalue weighted by molar-refractivity contribution is 5.27. The minimum atomic E-state index is -0.189. The molecule has 0 aliphatic rings. The largest absolute Gasteiger partial charge is 0.489 e. The van der Waals surface area contributed by atoms with Crippen molar-refractivity contribution >= 4 is 0 Å². The number of halogens is 1. The van der Waals surface area contributed by atoms with Gasteiger partial charge in [-0.1, -0.05) is 54.6 Å². The number of hydrogen-bond acceptors (Lipinski definition) is 2. The summed E-state index contributed by atoms with van der Waals surface area (Å²) in [6.45, 7) is 2.24. The molecule has 2 nitrogen and oxygen atoms in total. The van der Waals surface area contributed by atoms with E-state index in [-0.39, 0.29) is 5.82 Å². The van der Waals surface area contributed by atoms with E-state index < -0.39 is 0 Å². The van der Waals surface area contributed by atoms with E-state index in [0.29, 0.717) is 6.61 Å². The molecule has 0 saturated heterocycles. The second-order valence-electron chi connectivity index (χ2n) is 5.97. The van der Waals surface area contributed by atoms with Crippen molar-refractivity contribution in [3.8, 4) is 5.75 Å². The van der Waals surface area contributed by atoms with E-state index in [9.17, 15) is 4.39 Å². The van der Waals surface area contributed by atoms with Gasteiger partial charge >= 0.3 is 0 Å². The Morgan fingerprint density at radius 2 is 1.40 bits per heavy atom. The Hall–Kier alpha value is -2.65. The smallest absolute Gasteiger partial charge is 0.123 e. The van der Waals surface area contributed by atoms with Gasteiger partial charge < -0.3 is 10.1 Å². The minimum Gasteiger partial charge on any atom is -0.489 e. The lowest BCUT2D eigenvalue weighted by atomic mass is 10.1. The molecule has 0 unspecified atom stereocenters. The van der Waals surface area contributed by atoms with Crippen LogP contribution in [-0.2, 0) is 19.6 Å². The molecule has 0 amide bonds. The molecule has 3 aromatic rings. The van der Waals surface area contributed by atoms with E-state index in [2.05, 4.69) is 29.6 Å². The first-order chi connectivity index (χ1) is 12.3. The molecule has 0 spiro atoms. The highest BCUT2D eigenvalue weighted by atomic mass is 19.1. The molecule has 0 bridgehead atoms. The predicted octanol–water partition coefficient (Wildman–Crippen LogP) is 4.74. The normalized spacial score (nSPS) is 10.6. The van der Waals surface area contributed by atoms with Crippen LogP contribution in [-0.4, -0.2) is 6.54 Å². The van der Waals surface area contributed by atoms with Gasteiger partial charge in [-0.15, -0.1) is 0 Å². The van der Waals surface area contributed by atoms with Crippen LogP contribution < -0.4 is 10.1 Å². The molecule has 0 radical (unpaired) electrons. The lowest BCUT2D eigenvalue weighted by molar-refractivity contribution is 0.306. The van der Waals surface area contributed by atoms with Crippen molar-refractivity contribution in [1.82, 2.24) is 5.32 Å². The molecule has 0 fully saturated rings. The second kappa shape index (κ2) is 9.00. The van der Waals surface area contributed by atoms with Gasteiger partial charge in [-0.2, -0.15) is 0 Å². The number of hydrogen-bond donors (Lipinski definition) is 1. The molecule has 0 aliphatic heterocycles. The first-order valence-corrected chi connectivity index (χ1v) is 8.50. The van der Waals surface area contributed by atoms with Gasteiger partial charge in [0.25, 0.3) is 0 Å². The summed E-state index contributed by atoms with van der Waals surface area (Å²) in [7, 11) is 0. The molecule has 0 aliphatic carbocycles. The maximum atomic E-state index is 12.9. The second-order valence-corrected chi connectivity index (χ2v) is 5.97. The summed E-state index contributed by atoms with van der Waals surface area (Å²) in [5.74, 6) is 0.685. The van der Waals surface area contributed by atoms with E-state index in [1.807, 2.05) is 42.5 Å². The fourth-order valence-electron chi connectivity index (χ4n) is 2.56. The third-order valence-corrected chi connectivity index (χ3v) is 4.00. The molecule has 128 valence electrons. The molecule has 25 heavy (non-hydrogen) atoms. The summed E-state index contributed by atoms with van der Waals surface area (Å²) < 4.78 is 18.6. The summed E-state index contributed by atoms with van der Waals surface area (Å²) in [6.07, 6.45) is 0.887. The highest BCUT2D eigenvalue weighted by Gasteiger charge is 1.98. The Morgan fingerprint density at radius 3 is 2.12 bits per heavy atom. The summed E-state index contributed by atoms with van der Waals surface area (Å²) in [5, 5.41) is 3.41. The SMILES string of the molecule is Fc1ccc(CCNCc2ccc(OCc3ccccc3)cc2)cc1. The highest BCUT2D eigenvalue weighted by Crippen LogP contribution is 2.14. The van der Waals surface area contributed by atoms with Crippen LogP contribution in [0.5, 0.6) is 5.75 Å². The fraction of sp³-hybridized carbons (Fsp3) is 0.182. The maximum absolute atomic E-state index is 12.9. The molecule has 0 saturated carbocycles. The van der Waals surface area contributed by atoms with Crippen molar-refractivity contribution < 1.29 is 9.13 Å². The van der Waals surface area contributed by atoms with E-state index in [1.165, 1.54) is 17.7 Å². The number of rotatable bonds is 8. The van der Waals surface area contributed by atoms with Crippen molar-refractivity contribution in [2.75, 3.05) is 6.54 Å². The van der Waals surface area contributed by atoms with Crippen LogP contribution in [0.4, 0.5) is 4.39 Å². The summed E-state index contributed by atoms with van der Waals surface area (Å²) in [5.41, 5.74) is 3.51. The molecular formula is C22H22FNO. The Bertz CT molecular complexity index is 754. The van der Waals surface area contributed by atoms with Crippen LogP contribution in [0, 0.1) is 5.82 Å². The standard InChI is InChI=1S/C22H22FNO/c23-21-10-6-18(7-11-21)14-15-24-16-19-8-12-22(13-9-19)25-17-20-4-2-1-3-5-20/h1-13,24H,14-17H2. The summed E-state index contributed by atoms with van der Waals surface area (Å²) in [6, 6.07) is 25.0. The van der Waals surface area contributed by atoms with Crippen LogP contribution in [0.3, 0.4) is 0 Å². The molecule has 0 heterocycles. The lowest BCUT2D eigenvalue weighted by Gasteiger charge is -2.08. The van der Waals surface area contributed by atoms with E-state index in [4.69, 9.17) is 4.74 Å². The zero-order valence-corrected chi connectivity index (χ0v) is 14.1. The molecule has 0 atom stereocenters. The summed E-state index contributed by atoms with van der Waals surface area (Å²) in [4.78, 5) is 0. The number of nitrogens with one attached hydrogen (secondary N) is 1. The van der Waals surface area contributed by atoms with Crippen molar-refractivity contribution in [2.24, 2.45) is 0 Å². The molecule has 0 aromatic heterocycles. The maximum Gasteiger partial charge on any atom is 0.123 e. The molecule has 3 aromatic carbocycles. The third-order valence-electron chi connectivity index (χ3n) is 4.00. The minimum absolute atomic E-state index is 0.189. The molecular weight excluding hydrogens is 313 g/mol. The van der Waals surface area contributed by atoms with Crippen LogP contribution in [0.2, 0.25) is 0 Å². The van der Waals surface area contributed by atoms with Gasteiger partial charge in [-0.05, 0) is 53.9 Å². The summed E-state index contributed by atoms with van der Waals surface area (Å²) >= 11 is 0. The van der Waals surface area contributed by atoms with E-state index in [0.717, 1.165) is 36.4 Å². The third kappa shape index (κ3) is 5.73. The molecule has 3 heteroatoms. The Labute approximate surface area is 148 Å². The first-order valence-electron chi connectivity index (χ1n) is 8.50. The fourth-order valence-corrected chi connectivity index (χ4v) is 2.56. The number of ether oxygens (including phenoxy) is 1. The van der Waals surface area contributed by atoms with Crippen LogP contribution in [0.1, 0.15) is 16.7 Å². The molecule has 3 rings (SSSR count). The molecule has 1 N–H and O–H groups in total. The van der Waals surface area contributed by atoms with Crippen molar-refractivity contribution in [1.29, 1.82) is 0 Å². The van der Waals surface area contributed by atoms with Gasteiger partial charge in [-0.25, -0.2) is 4.39 Å². The zero-order valence-electron chi connectivity index (χ0n) is 14.1. The van der Waals surface area contributed by atoms with Crippen LogP contribution in [0.15, 0.2) is 78.9 Å². The van der Waals surface area contributed by atoms with E-state index in [1.54, 1.807) is 0 Å². The quantitative estimate of drug-likeness (QED) is 0.601. The van der Waals surface area contributed by atoms with Gasteiger partial charge in [0.2, 0.25) is 0 Å². The lowest BCUT2D eigenvalue weighted by Crippen LogP contribution is -2.16. The Morgan fingerprint density at radius 1 is 0.720 bits per heavy atom. The Balaban J connectivity index is 1.39. The van der Waals surface area contributed by atoms with Crippen molar-refractivity contribution in [3.05, 3.63) is 101 Å². The van der Waals surface area contributed by atoms with E-state index >= 15 is 0 Å². The Kier molecular flexibility index (Phi) is 6.18. The van der Waals surface area contributed by atoms with Crippen LogP contribution in [0.25, 0.3) is 0 Å².